The van der Waals surface area contributed by atoms with E-state index in [2.05, 4.69) is 20.6 Å². The molecular weight excluding hydrogens is 469 g/mol. The van der Waals surface area contributed by atoms with Gasteiger partial charge in [0.15, 0.2) is 17.3 Å². The predicted molar refractivity (Wildman–Crippen MR) is 127 cm³/mol. The molecule has 0 saturated carbocycles. The van der Waals surface area contributed by atoms with E-state index in [1.165, 1.54) is 0 Å². The molecule has 0 aliphatic carbocycles. The van der Waals surface area contributed by atoms with Gasteiger partial charge in [0.2, 0.25) is 4.77 Å². The molecule has 4 rings (SSSR count). The molecule has 0 radical (unpaired) electrons. The molecule has 10 heteroatoms. The van der Waals surface area contributed by atoms with Gasteiger partial charge < -0.3 is 14.9 Å². The van der Waals surface area contributed by atoms with E-state index in [-0.39, 0.29) is 6.61 Å². The van der Waals surface area contributed by atoms with Crippen LogP contribution in [0.5, 0.6) is 11.5 Å². The standard InChI is InChI=1S/C22H19Cl2N5O2S/c1-30-19-7-2-4-15(20(19)31-13-16-17(23)5-3-6-18(16)24)12-26-29-21(27-28-22(29)32)14-8-10-25-11-9-14/h2-11,26H,12-13H2,1H3,(H,28,32). The molecule has 2 N–H and O–H groups in total. The zero-order valence-corrected chi connectivity index (χ0v) is 19.3. The predicted octanol–water partition coefficient (Wildman–Crippen LogP) is 5.64. The minimum atomic E-state index is 0.194. The van der Waals surface area contributed by atoms with E-state index >= 15 is 0 Å². The summed E-state index contributed by atoms with van der Waals surface area (Å²) < 4.78 is 13.8. The molecule has 7 nitrogen and oxygen atoms in total. The second-order valence-electron chi connectivity index (χ2n) is 6.70. The maximum atomic E-state index is 6.29. The molecule has 2 aromatic carbocycles. The minimum absolute atomic E-state index is 0.194. The highest BCUT2D eigenvalue weighted by atomic mass is 35.5. The fourth-order valence-corrected chi connectivity index (χ4v) is 3.85. The first-order chi connectivity index (χ1) is 15.6. The van der Waals surface area contributed by atoms with Gasteiger partial charge in [-0.15, -0.1) is 0 Å². The molecule has 0 aliphatic heterocycles. The fourth-order valence-electron chi connectivity index (χ4n) is 3.14. The van der Waals surface area contributed by atoms with Crippen molar-refractivity contribution >= 4 is 35.4 Å². The zero-order valence-electron chi connectivity index (χ0n) is 17.0. The monoisotopic (exact) mass is 487 g/mol. The Labute approximate surface area is 199 Å². The Bertz CT molecular complexity index is 1260. The number of halogens is 2. The van der Waals surface area contributed by atoms with Gasteiger partial charge in [0, 0.05) is 39.1 Å². The third-order valence-electron chi connectivity index (χ3n) is 4.74. The molecule has 0 saturated heterocycles. The van der Waals surface area contributed by atoms with Crippen LogP contribution in [0.2, 0.25) is 10.0 Å². The Morgan fingerprint density at radius 3 is 2.50 bits per heavy atom. The number of nitrogens with zero attached hydrogens (tertiary/aromatic N) is 3. The summed E-state index contributed by atoms with van der Waals surface area (Å²) in [4.78, 5) is 4.05. The molecule has 0 aliphatic rings. The van der Waals surface area contributed by atoms with Crippen LogP contribution in [0.15, 0.2) is 60.9 Å². The van der Waals surface area contributed by atoms with Crippen LogP contribution in [-0.2, 0) is 13.2 Å². The molecule has 164 valence electrons. The largest absolute Gasteiger partial charge is 0.493 e. The second kappa shape index (κ2) is 10.0. The van der Waals surface area contributed by atoms with Gasteiger partial charge in [-0.05, 0) is 42.5 Å². The highest BCUT2D eigenvalue weighted by Gasteiger charge is 2.15. The second-order valence-corrected chi connectivity index (χ2v) is 7.90. The van der Waals surface area contributed by atoms with E-state index < -0.39 is 0 Å². The average Bonchev–Trinajstić information content (AvgIpc) is 3.18. The van der Waals surface area contributed by atoms with Crippen molar-refractivity contribution < 1.29 is 9.47 Å². The normalized spacial score (nSPS) is 10.7. The molecule has 2 aromatic heterocycles. The van der Waals surface area contributed by atoms with Gasteiger partial charge in [-0.2, -0.15) is 5.10 Å². The Balaban J connectivity index is 1.59. The molecule has 0 amide bonds. The minimum Gasteiger partial charge on any atom is -0.493 e. The molecule has 0 unspecified atom stereocenters. The smallest absolute Gasteiger partial charge is 0.214 e. The molecular formula is C22H19Cl2N5O2S. The number of rotatable bonds is 8. The van der Waals surface area contributed by atoms with Crippen LogP contribution >= 0.6 is 35.4 Å². The number of ether oxygens (including phenoxy) is 2. The van der Waals surface area contributed by atoms with Crippen molar-refractivity contribution in [1.82, 2.24) is 19.9 Å². The third-order valence-corrected chi connectivity index (χ3v) is 5.72. The van der Waals surface area contributed by atoms with E-state index in [0.717, 1.165) is 11.1 Å². The van der Waals surface area contributed by atoms with Crippen molar-refractivity contribution in [3.8, 4) is 22.9 Å². The molecule has 32 heavy (non-hydrogen) atoms. The van der Waals surface area contributed by atoms with Crippen molar-refractivity contribution in [3.05, 3.63) is 86.9 Å². The molecule has 0 fully saturated rings. The average molecular weight is 488 g/mol. The number of aromatic nitrogens is 4. The maximum Gasteiger partial charge on any atom is 0.214 e. The van der Waals surface area contributed by atoms with E-state index in [0.29, 0.717) is 44.2 Å². The summed E-state index contributed by atoms with van der Waals surface area (Å²) in [5.41, 5.74) is 5.73. The Hall–Kier alpha value is -3.07. The Kier molecular flexibility index (Phi) is 6.94. The Morgan fingerprint density at radius 1 is 1.06 bits per heavy atom. The van der Waals surface area contributed by atoms with Gasteiger partial charge in [-0.3, -0.25) is 4.98 Å². The van der Waals surface area contributed by atoms with Gasteiger partial charge in [-0.1, -0.05) is 41.4 Å². The lowest BCUT2D eigenvalue weighted by Gasteiger charge is -2.17. The van der Waals surface area contributed by atoms with Gasteiger partial charge in [0.25, 0.3) is 0 Å². The number of pyridine rings is 1. The maximum absolute atomic E-state index is 6.29. The summed E-state index contributed by atoms with van der Waals surface area (Å²) in [6.45, 7) is 0.591. The van der Waals surface area contributed by atoms with Gasteiger partial charge in [0.05, 0.1) is 13.7 Å². The summed E-state index contributed by atoms with van der Waals surface area (Å²) in [5, 5.41) is 8.22. The van der Waals surface area contributed by atoms with Crippen LogP contribution in [0.4, 0.5) is 0 Å². The van der Waals surface area contributed by atoms with Crippen molar-refractivity contribution in [2.75, 3.05) is 12.5 Å². The number of para-hydroxylation sites is 1. The number of H-pyrrole nitrogens is 1. The number of aromatic amines is 1. The molecule has 0 bridgehead atoms. The first-order valence-electron chi connectivity index (χ1n) is 9.61. The van der Waals surface area contributed by atoms with Crippen molar-refractivity contribution in [2.45, 2.75) is 13.2 Å². The molecule has 0 atom stereocenters. The van der Waals surface area contributed by atoms with Crippen molar-refractivity contribution in [1.29, 1.82) is 0 Å². The van der Waals surface area contributed by atoms with Gasteiger partial charge in [-0.25, -0.2) is 9.77 Å². The number of nitrogens with one attached hydrogen (secondary N) is 2. The number of hydrogen-bond donors (Lipinski definition) is 2. The molecule has 0 spiro atoms. The van der Waals surface area contributed by atoms with E-state index in [4.69, 9.17) is 44.9 Å². The zero-order chi connectivity index (χ0) is 22.5. The highest BCUT2D eigenvalue weighted by Crippen LogP contribution is 2.34. The Morgan fingerprint density at radius 2 is 1.78 bits per heavy atom. The summed E-state index contributed by atoms with van der Waals surface area (Å²) in [6, 6.07) is 14.7. The SMILES string of the molecule is COc1cccc(CNn2c(-c3ccncc3)n[nH]c2=S)c1OCc1c(Cl)cccc1Cl. The molecule has 4 aromatic rings. The topological polar surface area (TPSA) is 77.0 Å². The molecule has 2 heterocycles. The van der Waals surface area contributed by atoms with Crippen molar-refractivity contribution in [3.63, 3.8) is 0 Å². The lowest BCUT2D eigenvalue weighted by atomic mass is 10.2. The summed E-state index contributed by atoms with van der Waals surface area (Å²) in [5.74, 6) is 1.82. The first-order valence-corrected chi connectivity index (χ1v) is 10.8. The van der Waals surface area contributed by atoms with Gasteiger partial charge in [0.1, 0.15) is 6.61 Å². The first kappa shape index (κ1) is 22.1. The van der Waals surface area contributed by atoms with Crippen LogP contribution < -0.4 is 14.9 Å². The number of benzene rings is 2. The van der Waals surface area contributed by atoms with Crippen LogP contribution in [0.1, 0.15) is 11.1 Å². The van der Waals surface area contributed by atoms with E-state index in [1.54, 1.807) is 42.4 Å². The van der Waals surface area contributed by atoms with Crippen LogP contribution in [-0.4, -0.2) is 27.0 Å². The summed E-state index contributed by atoms with van der Waals surface area (Å²) in [7, 11) is 1.59. The number of methoxy groups -OCH3 is 1. The summed E-state index contributed by atoms with van der Waals surface area (Å²) >= 11 is 18.0. The van der Waals surface area contributed by atoms with E-state index in [1.807, 2.05) is 30.3 Å². The van der Waals surface area contributed by atoms with Crippen LogP contribution in [0.3, 0.4) is 0 Å². The van der Waals surface area contributed by atoms with Crippen LogP contribution in [0.25, 0.3) is 11.4 Å². The summed E-state index contributed by atoms with van der Waals surface area (Å²) in [6.07, 6.45) is 3.40. The fraction of sp³-hybridized carbons (Fsp3) is 0.136. The van der Waals surface area contributed by atoms with Crippen LogP contribution in [0, 0.1) is 4.77 Å². The van der Waals surface area contributed by atoms with E-state index in [9.17, 15) is 0 Å². The highest BCUT2D eigenvalue weighted by molar-refractivity contribution is 7.71. The third kappa shape index (κ3) is 4.72. The lowest BCUT2D eigenvalue weighted by molar-refractivity contribution is 0.281. The van der Waals surface area contributed by atoms with Gasteiger partial charge >= 0.3 is 0 Å². The quantitative estimate of drug-likeness (QED) is 0.313. The number of hydrogen-bond acceptors (Lipinski definition) is 6. The van der Waals surface area contributed by atoms with Crippen molar-refractivity contribution in [2.24, 2.45) is 0 Å². The lowest BCUT2D eigenvalue weighted by Crippen LogP contribution is -2.16.